The van der Waals surface area contributed by atoms with Crippen LogP contribution in [0.2, 0.25) is 0 Å². The fourth-order valence-electron chi connectivity index (χ4n) is 2.98. The lowest BCUT2D eigenvalue weighted by Crippen LogP contribution is -2.02. The van der Waals surface area contributed by atoms with E-state index in [2.05, 4.69) is 6.07 Å². The Kier molecular flexibility index (Phi) is 6.51. The minimum absolute atomic E-state index is 0.161. The Labute approximate surface area is 175 Å². The highest BCUT2D eigenvalue weighted by molar-refractivity contribution is 5.91. The zero-order valence-electron chi connectivity index (χ0n) is 16.8. The Morgan fingerprint density at radius 1 is 1.07 bits per heavy atom. The van der Waals surface area contributed by atoms with E-state index < -0.39 is 5.97 Å². The molecule has 3 aromatic rings. The molecule has 0 atom stereocenters. The summed E-state index contributed by atoms with van der Waals surface area (Å²) < 4.78 is 11.5. The van der Waals surface area contributed by atoms with Crippen molar-refractivity contribution in [2.45, 2.75) is 13.5 Å². The van der Waals surface area contributed by atoms with Gasteiger partial charge in [-0.05, 0) is 42.3 Å². The summed E-state index contributed by atoms with van der Waals surface area (Å²) in [4.78, 5) is 11.2. The Balaban J connectivity index is 1.95. The second-order valence-corrected chi connectivity index (χ2v) is 6.71. The Bertz CT molecular complexity index is 1120. The molecule has 0 heterocycles. The van der Waals surface area contributed by atoms with Crippen LogP contribution in [-0.4, -0.2) is 18.2 Å². The van der Waals surface area contributed by atoms with Gasteiger partial charge >= 0.3 is 5.97 Å². The van der Waals surface area contributed by atoms with Crippen LogP contribution >= 0.6 is 0 Å². The maximum atomic E-state index is 11.2. The standard InChI is InChI=1S/C25H21NO4/c1-17-9-11-19(12-10-17)22(15-26)14-20-6-4-8-23(29-2)24(20)30-16-18-5-3-7-21(13-18)25(27)28/h3-14H,16H2,1-2H3,(H,27,28)/b22-14-. The van der Waals surface area contributed by atoms with E-state index in [9.17, 15) is 15.2 Å². The summed E-state index contributed by atoms with van der Waals surface area (Å²) >= 11 is 0. The van der Waals surface area contributed by atoms with Gasteiger partial charge in [0.05, 0.1) is 24.3 Å². The number of nitriles is 1. The van der Waals surface area contributed by atoms with Crippen molar-refractivity contribution < 1.29 is 19.4 Å². The molecule has 0 radical (unpaired) electrons. The van der Waals surface area contributed by atoms with E-state index in [1.54, 1.807) is 37.5 Å². The number of hydrogen-bond donors (Lipinski definition) is 1. The smallest absolute Gasteiger partial charge is 0.335 e. The monoisotopic (exact) mass is 399 g/mol. The van der Waals surface area contributed by atoms with Gasteiger partial charge < -0.3 is 14.6 Å². The number of carbonyl (C=O) groups is 1. The van der Waals surface area contributed by atoms with Crippen LogP contribution in [0.5, 0.6) is 11.5 Å². The molecular weight excluding hydrogens is 378 g/mol. The molecule has 30 heavy (non-hydrogen) atoms. The Hall–Kier alpha value is -4.04. The number of benzene rings is 3. The van der Waals surface area contributed by atoms with Crippen molar-refractivity contribution in [2.75, 3.05) is 7.11 Å². The molecule has 1 N–H and O–H groups in total. The quantitative estimate of drug-likeness (QED) is 0.428. The molecule has 0 saturated heterocycles. The van der Waals surface area contributed by atoms with Crippen molar-refractivity contribution in [3.8, 4) is 17.6 Å². The van der Waals surface area contributed by atoms with Crippen LogP contribution in [0.4, 0.5) is 0 Å². The molecule has 0 amide bonds. The Morgan fingerprint density at radius 2 is 1.80 bits per heavy atom. The fraction of sp³-hybridized carbons (Fsp3) is 0.120. The highest BCUT2D eigenvalue weighted by Crippen LogP contribution is 2.34. The van der Waals surface area contributed by atoms with Gasteiger partial charge in [0.2, 0.25) is 0 Å². The molecule has 0 saturated carbocycles. The van der Waals surface area contributed by atoms with Crippen LogP contribution < -0.4 is 9.47 Å². The maximum absolute atomic E-state index is 11.2. The number of allylic oxidation sites excluding steroid dienone is 1. The van der Waals surface area contributed by atoms with Crippen molar-refractivity contribution in [3.05, 3.63) is 94.5 Å². The summed E-state index contributed by atoms with van der Waals surface area (Å²) in [6, 6.07) is 22.0. The van der Waals surface area contributed by atoms with E-state index >= 15 is 0 Å². The molecular formula is C25H21NO4. The number of carboxylic acids is 1. The predicted molar refractivity (Wildman–Crippen MR) is 115 cm³/mol. The largest absolute Gasteiger partial charge is 0.493 e. The highest BCUT2D eigenvalue weighted by atomic mass is 16.5. The number of aromatic carboxylic acids is 1. The average Bonchev–Trinajstić information content (AvgIpc) is 2.77. The molecule has 0 aliphatic rings. The van der Waals surface area contributed by atoms with Crippen molar-refractivity contribution in [1.82, 2.24) is 0 Å². The van der Waals surface area contributed by atoms with Crippen molar-refractivity contribution in [2.24, 2.45) is 0 Å². The molecule has 0 aromatic heterocycles. The lowest BCUT2D eigenvalue weighted by Gasteiger charge is -2.14. The van der Waals surface area contributed by atoms with Gasteiger partial charge in [0.15, 0.2) is 11.5 Å². The summed E-state index contributed by atoms with van der Waals surface area (Å²) in [5, 5.41) is 18.8. The fourth-order valence-corrected chi connectivity index (χ4v) is 2.98. The number of para-hydroxylation sites is 1. The number of hydrogen-bond acceptors (Lipinski definition) is 4. The molecule has 0 unspecified atom stereocenters. The van der Waals surface area contributed by atoms with Gasteiger partial charge in [0.1, 0.15) is 6.61 Å². The third-order valence-corrected chi connectivity index (χ3v) is 4.57. The first-order valence-electron chi connectivity index (χ1n) is 9.32. The molecule has 5 nitrogen and oxygen atoms in total. The number of nitrogens with zero attached hydrogens (tertiary/aromatic N) is 1. The molecule has 5 heteroatoms. The number of ether oxygens (including phenoxy) is 2. The summed E-state index contributed by atoms with van der Waals surface area (Å²) in [6.45, 7) is 2.15. The van der Waals surface area contributed by atoms with Gasteiger partial charge in [-0.15, -0.1) is 0 Å². The van der Waals surface area contributed by atoms with E-state index in [-0.39, 0.29) is 12.2 Å². The summed E-state index contributed by atoms with van der Waals surface area (Å²) in [5.41, 5.74) is 4.04. The third kappa shape index (κ3) is 4.86. The molecule has 0 aliphatic carbocycles. The third-order valence-electron chi connectivity index (χ3n) is 4.57. The maximum Gasteiger partial charge on any atom is 0.335 e. The van der Waals surface area contributed by atoms with Crippen LogP contribution in [0.3, 0.4) is 0 Å². The topological polar surface area (TPSA) is 79.5 Å². The number of rotatable bonds is 7. The minimum atomic E-state index is -0.991. The normalized spacial score (nSPS) is 10.9. The van der Waals surface area contributed by atoms with Gasteiger partial charge in [0, 0.05) is 5.56 Å². The molecule has 0 fully saturated rings. The molecule has 3 rings (SSSR count). The van der Waals surface area contributed by atoms with E-state index in [1.807, 2.05) is 43.3 Å². The van der Waals surface area contributed by atoms with Gasteiger partial charge in [-0.1, -0.05) is 54.1 Å². The summed E-state index contributed by atoms with van der Waals surface area (Å²) in [6.07, 6.45) is 1.76. The number of carboxylic acid groups (broad SMARTS) is 1. The van der Waals surface area contributed by atoms with E-state index in [0.717, 1.165) is 16.7 Å². The zero-order chi connectivity index (χ0) is 21.5. The van der Waals surface area contributed by atoms with Crippen LogP contribution in [0.15, 0.2) is 66.7 Å². The summed E-state index contributed by atoms with van der Waals surface area (Å²) in [5.74, 6) is 0.0226. The van der Waals surface area contributed by atoms with Gasteiger partial charge in [0.25, 0.3) is 0 Å². The van der Waals surface area contributed by atoms with Gasteiger partial charge in [-0.3, -0.25) is 0 Å². The molecule has 0 bridgehead atoms. The van der Waals surface area contributed by atoms with Crippen molar-refractivity contribution in [1.29, 1.82) is 5.26 Å². The second-order valence-electron chi connectivity index (χ2n) is 6.71. The lowest BCUT2D eigenvalue weighted by molar-refractivity contribution is 0.0696. The first-order chi connectivity index (χ1) is 14.5. The summed E-state index contributed by atoms with van der Waals surface area (Å²) in [7, 11) is 1.55. The molecule has 3 aromatic carbocycles. The van der Waals surface area contributed by atoms with Crippen molar-refractivity contribution in [3.63, 3.8) is 0 Å². The first kappa shape index (κ1) is 20.7. The number of methoxy groups -OCH3 is 1. The van der Waals surface area contributed by atoms with Crippen LogP contribution in [-0.2, 0) is 6.61 Å². The molecule has 0 spiro atoms. The highest BCUT2D eigenvalue weighted by Gasteiger charge is 2.12. The predicted octanol–water partition coefficient (Wildman–Crippen LogP) is 5.35. The average molecular weight is 399 g/mol. The van der Waals surface area contributed by atoms with Gasteiger partial charge in [-0.2, -0.15) is 5.26 Å². The second kappa shape index (κ2) is 9.44. The SMILES string of the molecule is COc1cccc(/C=C(/C#N)c2ccc(C)cc2)c1OCc1cccc(C(=O)O)c1. The van der Waals surface area contributed by atoms with Gasteiger partial charge in [-0.25, -0.2) is 4.79 Å². The molecule has 150 valence electrons. The minimum Gasteiger partial charge on any atom is -0.493 e. The van der Waals surface area contributed by atoms with Crippen LogP contribution in [0.1, 0.15) is 32.6 Å². The van der Waals surface area contributed by atoms with Crippen LogP contribution in [0, 0.1) is 18.3 Å². The van der Waals surface area contributed by atoms with E-state index in [0.29, 0.717) is 22.6 Å². The Morgan fingerprint density at radius 3 is 2.47 bits per heavy atom. The van der Waals surface area contributed by atoms with Crippen LogP contribution in [0.25, 0.3) is 11.6 Å². The van der Waals surface area contributed by atoms with Crippen molar-refractivity contribution >= 4 is 17.6 Å². The number of aryl methyl sites for hydroxylation is 1. The first-order valence-corrected chi connectivity index (χ1v) is 9.32. The zero-order valence-corrected chi connectivity index (χ0v) is 16.8. The molecule has 0 aliphatic heterocycles. The van der Waals surface area contributed by atoms with E-state index in [1.165, 1.54) is 6.07 Å². The van der Waals surface area contributed by atoms with E-state index in [4.69, 9.17) is 9.47 Å². The lowest BCUT2D eigenvalue weighted by atomic mass is 10.0.